The minimum Gasteiger partial charge on any atom is -0.494 e. The summed E-state index contributed by atoms with van der Waals surface area (Å²) in [7, 11) is 0. The summed E-state index contributed by atoms with van der Waals surface area (Å²) in [6.07, 6.45) is 10.2. The Balaban J connectivity index is 1.82. The predicted molar refractivity (Wildman–Crippen MR) is 169 cm³/mol. The van der Waals surface area contributed by atoms with Crippen LogP contribution in [0.3, 0.4) is 0 Å². The molecule has 2 unspecified atom stereocenters. The lowest BCUT2D eigenvalue weighted by molar-refractivity contribution is 0.0518. The maximum absolute atomic E-state index is 13.7. The van der Waals surface area contributed by atoms with Crippen LogP contribution >= 0.6 is 0 Å². The van der Waals surface area contributed by atoms with Crippen molar-refractivity contribution in [3.8, 4) is 29.1 Å². The maximum Gasteiger partial charge on any atom is 0.272 e. The third-order valence-electron chi connectivity index (χ3n) is 7.83. The van der Waals surface area contributed by atoms with Gasteiger partial charge in [0.1, 0.15) is 17.2 Å². The number of amides is 1. The van der Waals surface area contributed by atoms with Crippen molar-refractivity contribution in [2.45, 2.75) is 66.8 Å². The van der Waals surface area contributed by atoms with Gasteiger partial charge in [-0.1, -0.05) is 38.0 Å². The number of nitrogens with two attached hydrogens (primary N) is 1. The lowest BCUT2D eigenvalue weighted by Gasteiger charge is -2.42. The van der Waals surface area contributed by atoms with Gasteiger partial charge < -0.3 is 24.1 Å². The predicted octanol–water partition coefficient (Wildman–Crippen LogP) is 6.80. The lowest BCUT2D eigenvalue weighted by Crippen LogP contribution is -2.54. The van der Waals surface area contributed by atoms with Crippen LogP contribution in [-0.2, 0) is 0 Å². The zero-order chi connectivity index (χ0) is 31.4. The summed E-state index contributed by atoms with van der Waals surface area (Å²) in [5.41, 5.74) is 3.84. The first-order valence-electron chi connectivity index (χ1n) is 15.0. The molecular weight excluding hydrogens is 542 g/mol. The van der Waals surface area contributed by atoms with Crippen LogP contribution < -0.4 is 20.2 Å². The van der Waals surface area contributed by atoms with Crippen molar-refractivity contribution < 1.29 is 19.1 Å². The highest BCUT2D eigenvalue weighted by Gasteiger charge is 2.32. The van der Waals surface area contributed by atoms with E-state index in [4.69, 9.17) is 20.2 Å². The first-order valence-corrected chi connectivity index (χ1v) is 15.0. The standard InChI is InChI=1S/C34H45N5O4/c1-7-24(4)20-27(11-10-26(6)25(5)8-2)38-18-19-39(28(23-38)16-17-35)34(40)31-21-32(43-36)33(22-37-31)42-30-14-12-29(13-15-30)41-9-3/h10-15,20-22,25,28H,7-9,16,18-19,23,36H2,1-6H3/b24-20-,26-10+,27-11+. The normalized spacial score (nSPS) is 16.9. The van der Waals surface area contributed by atoms with E-state index >= 15 is 0 Å². The SMILES string of the molecule is CCOc1ccc(Oc2cnc(C(=O)N3CCN(C(/C=C(/C)CC)=C/C=C(\C)C(C)CC)CC3CC#N)cc2ON)cc1. The van der Waals surface area contributed by atoms with Crippen LogP contribution in [0.4, 0.5) is 0 Å². The molecule has 0 aliphatic carbocycles. The van der Waals surface area contributed by atoms with Gasteiger partial charge in [0.15, 0.2) is 11.5 Å². The fourth-order valence-corrected chi connectivity index (χ4v) is 4.69. The Morgan fingerprint density at radius 1 is 1.14 bits per heavy atom. The molecule has 0 radical (unpaired) electrons. The maximum atomic E-state index is 13.7. The largest absolute Gasteiger partial charge is 0.494 e. The number of allylic oxidation sites excluding steroid dienone is 5. The average Bonchev–Trinajstić information content (AvgIpc) is 3.03. The van der Waals surface area contributed by atoms with E-state index in [0.29, 0.717) is 37.9 Å². The van der Waals surface area contributed by atoms with Gasteiger partial charge in [-0.15, -0.1) is 0 Å². The van der Waals surface area contributed by atoms with Crippen molar-refractivity contribution in [3.63, 3.8) is 0 Å². The fraction of sp³-hybridized carbons (Fsp3) is 0.441. The molecule has 1 aromatic carbocycles. The number of ether oxygens (including phenoxy) is 2. The second kappa shape index (κ2) is 16.4. The number of pyridine rings is 1. The van der Waals surface area contributed by atoms with Gasteiger partial charge in [-0.2, -0.15) is 11.2 Å². The van der Waals surface area contributed by atoms with Gasteiger partial charge in [-0.25, -0.2) is 4.98 Å². The van der Waals surface area contributed by atoms with Crippen molar-refractivity contribution >= 4 is 5.91 Å². The van der Waals surface area contributed by atoms with Crippen LogP contribution in [0.1, 0.15) is 71.3 Å². The van der Waals surface area contributed by atoms with Crippen LogP contribution in [0.5, 0.6) is 23.0 Å². The third-order valence-corrected chi connectivity index (χ3v) is 7.83. The van der Waals surface area contributed by atoms with Gasteiger partial charge in [0.2, 0.25) is 0 Å². The molecule has 3 rings (SSSR count). The van der Waals surface area contributed by atoms with E-state index in [-0.39, 0.29) is 35.6 Å². The van der Waals surface area contributed by atoms with E-state index in [2.05, 4.69) is 68.8 Å². The number of hydrogen-bond donors (Lipinski definition) is 1. The molecule has 0 saturated carbocycles. The van der Waals surface area contributed by atoms with Crippen LogP contribution in [0.15, 0.2) is 71.6 Å². The van der Waals surface area contributed by atoms with Gasteiger partial charge in [0.05, 0.1) is 31.3 Å². The summed E-state index contributed by atoms with van der Waals surface area (Å²) in [6.45, 7) is 14.9. The minimum absolute atomic E-state index is 0.167. The summed E-state index contributed by atoms with van der Waals surface area (Å²) < 4.78 is 11.4. The number of benzene rings is 1. The topological polar surface area (TPSA) is 114 Å². The van der Waals surface area contributed by atoms with Gasteiger partial charge in [-0.3, -0.25) is 4.79 Å². The van der Waals surface area contributed by atoms with Crippen molar-refractivity contribution in [1.82, 2.24) is 14.8 Å². The Labute approximate surface area is 256 Å². The minimum atomic E-state index is -0.312. The Hall–Kier alpha value is -4.29. The highest BCUT2D eigenvalue weighted by atomic mass is 16.6. The second-order valence-electron chi connectivity index (χ2n) is 10.8. The second-order valence-corrected chi connectivity index (χ2v) is 10.8. The third kappa shape index (κ3) is 9.10. The summed E-state index contributed by atoms with van der Waals surface area (Å²) in [4.78, 5) is 27.1. The molecule has 2 atom stereocenters. The molecule has 1 aromatic heterocycles. The lowest BCUT2D eigenvalue weighted by atomic mass is 9.99. The summed E-state index contributed by atoms with van der Waals surface area (Å²) in [6, 6.07) is 10.5. The van der Waals surface area contributed by atoms with Crippen molar-refractivity contribution in [2.75, 3.05) is 26.2 Å². The van der Waals surface area contributed by atoms with Crippen LogP contribution in [0.25, 0.3) is 0 Å². The van der Waals surface area contributed by atoms with Crippen molar-refractivity contribution in [3.05, 3.63) is 77.3 Å². The van der Waals surface area contributed by atoms with E-state index in [9.17, 15) is 10.1 Å². The number of nitriles is 1. The summed E-state index contributed by atoms with van der Waals surface area (Å²) in [5, 5.41) is 9.65. The number of aromatic nitrogens is 1. The Morgan fingerprint density at radius 2 is 1.86 bits per heavy atom. The van der Waals surface area contributed by atoms with Crippen LogP contribution in [0.2, 0.25) is 0 Å². The number of hydrogen-bond acceptors (Lipinski definition) is 8. The molecule has 9 nitrogen and oxygen atoms in total. The molecule has 2 heterocycles. The summed E-state index contributed by atoms with van der Waals surface area (Å²) >= 11 is 0. The van der Waals surface area contributed by atoms with Crippen molar-refractivity contribution in [2.24, 2.45) is 11.8 Å². The smallest absolute Gasteiger partial charge is 0.272 e. The van der Waals surface area contributed by atoms with Crippen LogP contribution in [-0.4, -0.2) is 53.0 Å². The number of rotatable bonds is 13. The molecule has 1 amide bonds. The molecule has 43 heavy (non-hydrogen) atoms. The van der Waals surface area contributed by atoms with Crippen molar-refractivity contribution in [1.29, 1.82) is 5.26 Å². The first-order chi connectivity index (χ1) is 20.7. The highest BCUT2D eigenvalue weighted by molar-refractivity contribution is 5.93. The van der Waals surface area contributed by atoms with Gasteiger partial charge in [0.25, 0.3) is 5.91 Å². The molecule has 0 spiro atoms. The number of nitrogens with zero attached hydrogens (tertiary/aromatic N) is 4. The molecule has 2 aromatic rings. The van der Waals surface area contributed by atoms with E-state index in [1.165, 1.54) is 23.4 Å². The average molecular weight is 588 g/mol. The van der Waals surface area contributed by atoms with E-state index < -0.39 is 0 Å². The monoisotopic (exact) mass is 587 g/mol. The zero-order valence-corrected chi connectivity index (χ0v) is 26.3. The van der Waals surface area contributed by atoms with Gasteiger partial charge in [0, 0.05) is 31.4 Å². The van der Waals surface area contributed by atoms with E-state index in [1.807, 2.05) is 6.92 Å². The zero-order valence-electron chi connectivity index (χ0n) is 26.3. The van der Waals surface area contributed by atoms with E-state index in [0.717, 1.165) is 24.3 Å². The van der Waals surface area contributed by atoms with Gasteiger partial charge in [-0.05, 0) is 75.9 Å². The van der Waals surface area contributed by atoms with Gasteiger partial charge >= 0.3 is 0 Å². The Morgan fingerprint density at radius 3 is 2.49 bits per heavy atom. The number of carbonyl (C=O) groups excluding carboxylic acids is 1. The Kier molecular flexibility index (Phi) is 12.6. The molecule has 9 heteroatoms. The van der Waals surface area contributed by atoms with Crippen LogP contribution in [0, 0.1) is 17.2 Å². The Bertz CT molecular complexity index is 1360. The first kappa shape index (κ1) is 33.2. The van der Waals surface area contributed by atoms with E-state index in [1.54, 1.807) is 29.2 Å². The molecule has 2 N–H and O–H groups in total. The fourth-order valence-electron chi connectivity index (χ4n) is 4.69. The number of carbonyl (C=O) groups is 1. The molecule has 1 saturated heterocycles. The molecule has 1 aliphatic heterocycles. The molecule has 0 bridgehead atoms. The number of piperazine rings is 1. The molecule has 230 valence electrons. The molecule has 1 fully saturated rings. The summed E-state index contributed by atoms with van der Waals surface area (Å²) in [5.74, 6) is 7.49. The molecular formula is C34H45N5O4. The highest BCUT2D eigenvalue weighted by Crippen LogP contribution is 2.32. The molecule has 1 aliphatic rings. The quantitative estimate of drug-likeness (QED) is 0.201.